The Morgan fingerprint density at radius 1 is 0.838 bits per heavy atom. The zero-order valence-corrected chi connectivity index (χ0v) is 41.9. The predicted octanol–water partition coefficient (Wildman–Crippen LogP) is 5.98. The molecule has 8 amide bonds. The van der Waals surface area contributed by atoms with Crippen molar-refractivity contribution in [1.29, 1.82) is 0 Å². The Morgan fingerprint density at radius 2 is 1.58 bits per heavy atom. The summed E-state index contributed by atoms with van der Waals surface area (Å²) < 4.78 is 7.53. The summed E-state index contributed by atoms with van der Waals surface area (Å²) in [5.74, 6) is -2.07. The number of imide groups is 1. The van der Waals surface area contributed by atoms with Gasteiger partial charge in [-0.15, -0.1) is 0 Å². The molecule has 22 heteroatoms. The number of rotatable bonds is 24. The van der Waals surface area contributed by atoms with Crippen LogP contribution in [0.25, 0.3) is 28.3 Å². The van der Waals surface area contributed by atoms with Crippen LogP contribution in [0.3, 0.4) is 0 Å². The number of urea groups is 1. The highest BCUT2D eigenvalue weighted by molar-refractivity contribution is 6.30. The van der Waals surface area contributed by atoms with Gasteiger partial charge in [0.1, 0.15) is 30.8 Å². The van der Waals surface area contributed by atoms with E-state index in [9.17, 15) is 33.6 Å². The van der Waals surface area contributed by atoms with Gasteiger partial charge in [-0.3, -0.25) is 38.8 Å². The zero-order valence-electron chi connectivity index (χ0n) is 41.2. The molecule has 7 N–H and O–H groups in total. The third-order valence-corrected chi connectivity index (χ3v) is 12.2. The Balaban J connectivity index is 0.984. The molecular formula is C52H58ClN13O8. The highest BCUT2D eigenvalue weighted by atomic mass is 35.5. The molecule has 0 spiro atoms. The van der Waals surface area contributed by atoms with Crippen LogP contribution in [0.15, 0.2) is 104 Å². The van der Waals surface area contributed by atoms with E-state index < -0.39 is 36.0 Å². The lowest BCUT2D eigenvalue weighted by atomic mass is 10.0. The Morgan fingerprint density at radius 3 is 2.30 bits per heavy atom. The Hall–Kier alpha value is -8.46. The first-order valence-corrected chi connectivity index (χ1v) is 24.5. The molecule has 6 aromatic rings. The molecule has 1 aliphatic heterocycles. The summed E-state index contributed by atoms with van der Waals surface area (Å²) in [7, 11) is 0. The molecule has 4 aromatic heterocycles. The molecule has 74 heavy (non-hydrogen) atoms. The molecule has 2 atom stereocenters. The molecule has 0 saturated carbocycles. The molecule has 0 aliphatic carbocycles. The number of anilines is 1. The minimum Gasteiger partial charge on any atom is -0.445 e. The molecule has 386 valence electrons. The highest BCUT2D eigenvalue weighted by Crippen LogP contribution is 2.30. The second-order valence-corrected chi connectivity index (χ2v) is 18.5. The second kappa shape index (κ2) is 25.3. The van der Waals surface area contributed by atoms with Crippen LogP contribution in [0, 0.1) is 12.8 Å². The number of amides is 8. The molecule has 1 aliphatic rings. The number of hydrogen-bond acceptors (Lipinski definition) is 12. The number of primary amides is 1. The number of aromatic nitrogens is 6. The van der Waals surface area contributed by atoms with E-state index in [1.165, 1.54) is 23.4 Å². The smallest absolute Gasteiger partial charge is 0.410 e. The Kier molecular flexibility index (Phi) is 18.2. The van der Waals surface area contributed by atoms with Crippen LogP contribution in [-0.4, -0.2) is 106 Å². The Bertz CT molecular complexity index is 2990. The van der Waals surface area contributed by atoms with E-state index in [0.717, 1.165) is 21.7 Å². The zero-order chi connectivity index (χ0) is 52.7. The van der Waals surface area contributed by atoms with E-state index in [-0.39, 0.29) is 75.7 Å². The predicted molar refractivity (Wildman–Crippen MR) is 274 cm³/mol. The maximum Gasteiger partial charge on any atom is 0.410 e. The van der Waals surface area contributed by atoms with E-state index in [4.69, 9.17) is 32.0 Å². The first-order valence-electron chi connectivity index (χ1n) is 24.2. The topological polar surface area (TPSA) is 281 Å². The number of nitrogens with one attached hydrogen (secondary N) is 5. The quantitative estimate of drug-likeness (QED) is 0.0302. The van der Waals surface area contributed by atoms with Crippen LogP contribution in [-0.2, 0) is 48.4 Å². The number of aromatic amines is 1. The lowest BCUT2D eigenvalue weighted by Crippen LogP contribution is -2.54. The van der Waals surface area contributed by atoms with Gasteiger partial charge in [-0.05, 0) is 98.2 Å². The van der Waals surface area contributed by atoms with Gasteiger partial charge in [0, 0.05) is 66.4 Å². The number of carbonyl (C=O) groups excluding carboxylic acids is 7. The van der Waals surface area contributed by atoms with Crippen molar-refractivity contribution >= 4 is 64.6 Å². The fraction of sp³-hybridized carbons (Fsp3) is 0.327. The molecule has 21 nitrogen and oxygen atoms in total. The summed E-state index contributed by atoms with van der Waals surface area (Å²) in [6.45, 7) is 5.91. The van der Waals surface area contributed by atoms with Gasteiger partial charge in [0.25, 0.3) is 11.8 Å². The molecule has 7 rings (SSSR count). The van der Waals surface area contributed by atoms with Crippen molar-refractivity contribution in [3.05, 3.63) is 131 Å². The molecule has 0 saturated heterocycles. The maximum absolute atomic E-state index is 14.0. The molecule has 0 bridgehead atoms. The van der Waals surface area contributed by atoms with Crippen molar-refractivity contribution in [2.45, 2.75) is 91.1 Å². The van der Waals surface area contributed by atoms with Crippen LogP contribution in [0.4, 0.5) is 15.3 Å². The van der Waals surface area contributed by atoms with Crippen molar-refractivity contribution < 1.29 is 38.3 Å². The number of fused-ring (bicyclic) bond motifs is 1. The number of hydrogen-bond donors (Lipinski definition) is 6. The number of nitrogens with two attached hydrogens (primary N) is 1. The third-order valence-electron chi connectivity index (χ3n) is 12.0. The van der Waals surface area contributed by atoms with Crippen molar-refractivity contribution in [2.75, 3.05) is 18.4 Å². The van der Waals surface area contributed by atoms with Gasteiger partial charge in [0.2, 0.25) is 17.7 Å². The average Bonchev–Trinajstić information content (AvgIpc) is 4.12. The van der Waals surface area contributed by atoms with Crippen LogP contribution >= 0.6 is 11.6 Å². The number of aryl methyl sites for hydroxylation is 1. The molecule has 5 heterocycles. The highest BCUT2D eigenvalue weighted by Gasteiger charge is 2.29. The lowest BCUT2D eigenvalue weighted by Gasteiger charge is -2.25. The van der Waals surface area contributed by atoms with E-state index in [1.54, 1.807) is 54.8 Å². The summed E-state index contributed by atoms with van der Waals surface area (Å²) in [6.07, 6.45) is 7.21. The van der Waals surface area contributed by atoms with Crippen molar-refractivity contribution in [2.24, 2.45) is 11.7 Å². The first kappa shape index (κ1) is 53.3. The maximum atomic E-state index is 14.0. The summed E-state index contributed by atoms with van der Waals surface area (Å²) in [6, 6.07) is 20.4. The fourth-order valence-electron chi connectivity index (χ4n) is 8.07. The number of H-pyrrole nitrogens is 1. The number of benzene rings is 2. The van der Waals surface area contributed by atoms with Crippen LogP contribution in [0.2, 0.25) is 5.02 Å². The number of halogens is 1. The van der Waals surface area contributed by atoms with Gasteiger partial charge in [0.15, 0.2) is 5.65 Å². The first-order chi connectivity index (χ1) is 35.6. The summed E-state index contributed by atoms with van der Waals surface area (Å²) >= 11 is 6.20. The van der Waals surface area contributed by atoms with Crippen LogP contribution < -0.4 is 27.0 Å². The van der Waals surface area contributed by atoms with Crippen LogP contribution in [0.1, 0.15) is 75.0 Å². The van der Waals surface area contributed by atoms with E-state index in [1.807, 2.05) is 55.6 Å². The monoisotopic (exact) mass is 1030 g/mol. The van der Waals surface area contributed by atoms with Gasteiger partial charge in [-0.1, -0.05) is 62.2 Å². The largest absolute Gasteiger partial charge is 0.445 e. The van der Waals surface area contributed by atoms with Crippen molar-refractivity contribution in [1.82, 2.24) is 55.3 Å². The molecule has 0 fully saturated rings. The van der Waals surface area contributed by atoms with Crippen LogP contribution in [0.5, 0.6) is 0 Å². The lowest BCUT2D eigenvalue weighted by molar-refractivity contribution is -0.137. The number of carbonyl (C=O) groups is 7. The number of ether oxygens (including phenoxy) is 1. The molecule has 0 radical (unpaired) electrons. The molecule has 2 unspecified atom stereocenters. The van der Waals surface area contributed by atoms with Gasteiger partial charge < -0.3 is 36.7 Å². The minimum atomic E-state index is -1.07. The van der Waals surface area contributed by atoms with E-state index in [2.05, 4.69) is 36.3 Å². The number of pyridine rings is 2. The average molecular weight is 1030 g/mol. The van der Waals surface area contributed by atoms with E-state index >= 15 is 0 Å². The third kappa shape index (κ3) is 14.8. The summed E-state index contributed by atoms with van der Waals surface area (Å²) in [5.41, 5.74) is 11.2. The van der Waals surface area contributed by atoms with E-state index in [0.29, 0.717) is 64.1 Å². The van der Waals surface area contributed by atoms with Gasteiger partial charge >= 0.3 is 12.1 Å². The minimum absolute atomic E-state index is 0.0322. The molecular weight excluding hydrogens is 970 g/mol. The standard InChI is InChI=1S/C52H58ClN13O8/c1-32(2)46(63-43(67)12-5-4-6-26-65-44(68)23-24-45(65)69)50(71)60-40(11-8-25-55-51(54)72)49(70)59-38-20-15-35(16-21-38)30-74-52(73)64(27-34-13-18-37(53)19-14-34)29-41-61-47(36-17-22-42-56-31-57-66(42)28-36)48(62-41)39-10-7-9-33(3)58-39/h7,9-10,13-24,28,31-32,40,46H,4-6,8,11-12,25-27,29-30H2,1-3H3,(H,59,70)(H,60,71)(H,61,62)(H,63,67)(H3,54,55,72). The normalized spacial score (nSPS) is 13.0. The van der Waals surface area contributed by atoms with Gasteiger partial charge in [-0.2, -0.15) is 5.10 Å². The van der Waals surface area contributed by atoms with Crippen molar-refractivity contribution in [3.63, 3.8) is 0 Å². The van der Waals surface area contributed by atoms with Gasteiger partial charge in [0.05, 0.1) is 23.6 Å². The fourth-order valence-corrected chi connectivity index (χ4v) is 8.20. The molecule has 2 aromatic carbocycles. The number of nitrogens with zero attached hydrogens (tertiary/aromatic N) is 7. The number of imidazole rings is 1. The van der Waals surface area contributed by atoms with Gasteiger partial charge in [-0.25, -0.2) is 24.1 Å². The summed E-state index contributed by atoms with van der Waals surface area (Å²) in [5, 5.41) is 15.7. The number of unbranched alkanes of at least 4 members (excludes halogenated alkanes) is 2. The SMILES string of the molecule is Cc1cccc(-c2[nH]c(CN(Cc3ccc(Cl)cc3)C(=O)OCc3ccc(NC(=O)C(CCCNC(N)=O)NC(=O)C(NC(=O)CCCCCN4C(=O)C=CC4=O)C(C)C)cc3)nc2-c2ccc3ncnn3c2)n1. The Labute approximate surface area is 431 Å². The second-order valence-electron chi connectivity index (χ2n) is 18.0. The van der Waals surface area contributed by atoms with Crippen molar-refractivity contribution in [3.8, 4) is 22.6 Å². The summed E-state index contributed by atoms with van der Waals surface area (Å²) in [4.78, 5) is 109.